The highest BCUT2D eigenvalue weighted by atomic mass is 16.8. The number of hydrogen-bond donors (Lipinski definition) is 4. The lowest BCUT2D eigenvalue weighted by Gasteiger charge is -2.48. The smallest absolute Gasteiger partial charge is 0.187 e. The van der Waals surface area contributed by atoms with E-state index in [1.54, 1.807) is 34.8 Å². The van der Waals surface area contributed by atoms with Crippen molar-refractivity contribution in [2.75, 3.05) is 21.3 Å². The van der Waals surface area contributed by atoms with Gasteiger partial charge in [0.1, 0.15) is 36.6 Å². The number of rotatable bonds is 9. The number of aliphatic hydroxyl groups is 4. The molecule has 14 nitrogen and oxygen atoms in total. The molecule has 240 valence electrons. The first-order valence-electron chi connectivity index (χ1n) is 14.4. The van der Waals surface area contributed by atoms with E-state index in [2.05, 4.69) is 0 Å². The van der Waals surface area contributed by atoms with Crippen LogP contribution < -0.4 is 0 Å². The number of aliphatic hydroxyl groups excluding tert-OH is 4. The second kappa shape index (κ2) is 14.5. The van der Waals surface area contributed by atoms with Crippen LogP contribution in [0.3, 0.4) is 0 Å². The Balaban J connectivity index is 1.37. The molecule has 4 aliphatic heterocycles. The summed E-state index contributed by atoms with van der Waals surface area (Å²) in [5.74, 6) is 0. The van der Waals surface area contributed by atoms with E-state index in [1.807, 2.05) is 0 Å². The summed E-state index contributed by atoms with van der Waals surface area (Å²) < 4.78 is 58.6. The molecule has 1 unspecified atom stereocenters. The maximum Gasteiger partial charge on any atom is 0.187 e. The molecule has 0 aromatic heterocycles. The minimum absolute atomic E-state index is 0.0397. The Bertz CT molecular complexity index is 794. The minimum atomic E-state index is -1.22. The molecule has 0 aliphatic carbocycles. The lowest BCUT2D eigenvalue weighted by molar-refractivity contribution is -0.364. The van der Waals surface area contributed by atoms with Gasteiger partial charge in [-0.15, -0.1) is 0 Å². The molecule has 4 aliphatic rings. The van der Waals surface area contributed by atoms with Gasteiger partial charge in [0, 0.05) is 40.6 Å². The normalized spacial score (nSPS) is 51.4. The minimum Gasteiger partial charge on any atom is -0.390 e. The van der Waals surface area contributed by atoms with E-state index in [0.29, 0.717) is 6.42 Å². The first-order valence-corrected chi connectivity index (χ1v) is 14.4. The summed E-state index contributed by atoms with van der Waals surface area (Å²) in [7, 11) is 4.54. The fourth-order valence-corrected chi connectivity index (χ4v) is 6.15. The Hall–Kier alpha value is -0.560. The highest BCUT2D eigenvalue weighted by molar-refractivity contribution is 4.93. The fourth-order valence-electron chi connectivity index (χ4n) is 6.15. The molecule has 41 heavy (non-hydrogen) atoms. The van der Waals surface area contributed by atoms with Crippen molar-refractivity contribution in [3.05, 3.63) is 0 Å². The highest BCUT2D eigenvalue weighted by Gasteiger charge is 2.50. The third-order valence-electron chi connectivity index (χ3n) is 8.47. The van der Waals surface area contributed by atoms with E-state index in [1.165, 1.54) is 14.2 Å². The Labute approximate surface area is 241 Å². The van der Waals surface area contributed by atoms with Crippen molar-refractivity contribution >= 4 is 0 Å². The van der Waals surface area contributed by atoms with E-state index >= 15 is 0 Å². The lowest BCUT2D eigenvalue weighted by atomic mass is 9.97. The Morgan fingerprint density at radius 3 is 1.68 bits per heavy atom. The Kier molecular flexibility index (Phi) is 11.8. The van der Waals surface area contributed by atoms with Crippen LogP contribution in [0.4, 0.5) is 0 Å². The van der Waals surface area contributed by atoms with Gasteiger partial charge in [-0.2, -0.15) is 0 Å². The molecule has 0 radical (unpaired) electrons. The van der Waals surface area contributed by atoms with E-state index in [4.69, 9.17) is 47.4 Å². The van der Waals surface area contributed by atoms with Crippen molar-refractivity contribution in [2.24, 2.45) is 0 Å². The zero-order valence-corrected chi connectivity index (χ0v) is 24.8. The quantitative estimate of drug-likeness (QED) is 0.266. The molecule has 0 amide bonds. The highest BCUT2D eigenvalue weighted by Crippen LogP contribution is 2.35. The van der Waals surface area contributed by atoms with Crippen molar-refractivity contribution in [3.8, 4) is 0 Å². The van der Waals surface area contributed by atoms with Crippen molar-refractivity contribution in [2.45, 2.75) is 151 Å². The molecule has 14 heteroatoms. The van der Waals surface area contributed by atoms with E-state index in [-0.39, 0.29) is 12.8 Å². The van der Waals surface area contributed by atoms with Gasteiger partial charge in [0.25, 0.3) is 0 Å². The predicted molar refractivity (Wildman–Crippen MR) is 138 cm³/mol. The predicted octanol–water partition coefficient (Wildman–Crippen LogP) is -0.588. The van der Waals surface area contributed by atoms with Crippen LogP contribution in [0.5, 0.6) is 0 Å². The molecule has 4 N–H and O–H groups in total. The Morgan fingerprint density at radius 1 is 0.512 bits per heavy atom. The summed E-state index contributed by atoms with van der Waals surface area (Å²) in [5, 5.41) is 41.6. The molecule has 4 heterocycles. The molecule has 0 bridgehead atoms. The van der Waals surface area contributed by atoms with Crippen LogP contribution in [0.1, 0.15) is 47.0 Å². The van der Waals surface area contributed by atoms with Crippen LogP contribution in [0.25, 0.3) is 0 Å². The zero-order chi connectivity index (χ0) is 30.0. The molecular formula is C27H48O14. The van der Waals surface area contributed by atoms with Gasteiger partial charge >= 0.3 is 0 Å². The standard InChI is InChI=1S/C27H48O14/c1-11-21(30)16(32-5)9-19(36-11)40-25-14(4)38-27(22(31)26(25)34-7)41-24-13(3)37-20(10-17(24)33-6)39-23-12(2)35-18(29)8-15(23)28/h11-31H,8-10H2,1-7H3/t11-,12-,13-,14-,15+,16-,17+,18?,19+,20+,21-,22-,23-,24-,25-,26-,27+/m1/s1. The van der Waals surface area contributed by atoms with Crippen molar-refractivity contribution in [1.29, 1.82) is 0 Å². The maximum absolute atomic E-state index is 11.2. The molecule has 0 saturated carbocycles. The summed E-state index contributed by atoms with van der Waals surface area (Å²) >= 11 is 0. The summed E-state index contributed by atoms with van der Waals surface area (Å²) in [6.07, 6.45) is -11.7. The average Bonchev–Trinajstić information content (AvgIpc) is 2.92. The largest absolute Gasteiger partial charge is 0.390 e. The van der Waals surface area contributed by atoms with Gasteiger partial charge in [-0.3, -0.25) is 0 Å². The molecular weight excluding hydrogens is 548 g/mol. The van der Waals surface area contributed by atoms with Gasteiger partial charge in [0.2, 0.25) is 0 Å². The second-order valence-electron chi connectivity index (χ2n) is 11.4. The van der Waals surface area contributed by atoms with E-state index < -0.39 is 105 Å². The van der Waals surface area contributed by atoms with Crippen molar-refractivity contribution < 1.29 is 67.8 Å². The first kappa shape index (κ1) is 33.3. The van der Waals surface area contributed by atoms with Crippen LogP contribution in [0, 0.1) is 0 Å². The number of ether oxygens (including phenoxy) is 10. The lowest BCUT2D eigenvalue weighted by Crippen LogP contribution is -2.63. The molecule has 0 aromatic rings. The Morgan fingerprint density at radius 2 is 1.07 bits per heavy atom. The molecule has 4 fully saturated rings. The monoisotopic (exact) mass is 596 g/mol. The van der Waals surface area contributed by atoms with Gasteiger partial charge in [-0.05, 0) is 27.7 Å². The van der Waals surface area contributed by atoms with E-state index in [9.17, 15) is 20.4 Å². The van der Waals surface area contributed by atoms with Crippen LogP contribution >= 0.6 is 0 Å². The van der Waals surface area contributed by atoms with Gasteiger partial charge in [0.15, 0.2) is 25.2 Å². The third-order valence-corrected chi connectivity index (χ3v) is 8.47. The van der Waals surface area contributed by atoms with Crippen molar-refractivity contribution in [3.63, 3.8) is 0 Å². The SMILES string of the molecule is CO[C@@H]1[C@@H](O)[C@H](O[C@H]2[C@@H](OC)C[C@H](O[C@H]3[C@@H](O)CC(O)O[C@@H]3C)O[C@@H]2C)O[C@H](C)[C@H]1O[C@H]1C[C@@H](OC)[C@H](O)[C@@H](C)O1. The summed E-state index contributed by atoms with van der Waals surface area (Å²) in [5.41, 5.74) is 0. The number of hydrogen-bond acceptors (Lipinski definition) is 14. The van der Waals surface area contributed by atoms with Crippen LogP contribution in [-0.4, -0.2) is 146 Å². The maximum atomic E-state index is 11.2. The summed E-state index contributed by atoms with van der Waals surface area (Å²) in [6, 6.07) is 0. The van der Waals surface area contributed by atoms with Gasteiger partial charge in [0.05, 0.1) is 42.7 Å². The molecule has 4 saturated heterocycles. The van der Waals surface area contributed by atoms with Gasteiger partial charge < -0.3 is 67.8 Å². The molecule has 0 spiro atoms. The fraction of sp³-hybridized carbons (Fsp3) is 1.00. The van der Waals surface area contributed by atoms with E-state index in [0.717, 1.165) is 0 Å². The summed E-state index contributed by atoms with van der Waals surface area (Å²) in [6.45, 7) is 7.05. The number of methoxy groups -OCH3 is 3. The van der Waals surface area contributed by atoms with Gasteiger partial charge in [-0.1, -0.05) is 0 Å². The van der Waals surface area contributed by atoms with Crippen molar-refractivity contribution in [1.82, 2.24) is 0 Å². The summed E-state index contributed by atoms with van der Waals surface area (Å²) in [4.78, 5) is 0. The second-order valence-corrected chi connectivity index (χ2v) is 11.4. The van der Waals surface area contributed by atoms with Crippen LogP contribution in [0.15, 0.2) is 0 Å². The average molecular weight is 597 g/mol. The van der Waals surface area contributed by atoms with Gasteiger partial charge in [-0.25, -0.2) is 0 Å². The first-order chi connectivity index (χ1) is 19.5. The zero-order valence-electron chi connectivity index (χ0n) is 24.8. The molecule has 4 rings (SSSR count). The molecule has 0 aromatic carbocycles. The third kappa shape index (κ3) is 7.57. The molecule has 17 atom stereocenters. The topological polar surface area (TPSA) is 173 Å². The van der Waals surface area contributed by atoms with Crippen LogP contribution in [0.2, 0.25) is 0 Å². The van der Waals surface area contributed by atoms with Crippen LogP contribution in [-0.2, 0) is 47.4 Å².